The molecule has 2 fully saturated rings. The van der Waals surface area contributed by atoms with Crippen LogP contribution in [0.25, 0.3) is 0 Å². The third-order valence-corrected chi connectivity index (χ3v) is 4.45. The lowest BCUT2D eigenvalue weighted by atomic mass is 9.86. The molecule has 0 saturated heterocycles. The van der Waals surface area contributed by atoms with Gasteiger partial charge in [0.05, 0.1) is 0 Å². The molecule has 1 heteroatoms. The van der Waals surface area contributed by atoms with Crippen molar-refractivity contribution in [3.8, 4) is 0 Å². The monoisotopic (exact) mass is 250 g/mol. The van der Waals surface area contributed by atoms with Crippen LogP contribution in [0, 0.1) is 11.8 Å². The molecule has 2 atom stereocenters. The van der Waals surface area contributed by atoms with E-state index in [0.29, 0.717) is 0 Å². The molecule has 0 radical (unpaired) electrons. The molecule has 0 N–H and O–H groups in total. The van der Waals surface area contributed by atoms with Crippen LogP contribution in [0.3, 0.4) is 0 Å². The van der Waals surface area contributed by atoms with Crippen LogP contribution in [0.5, 0.6) is 0 Å². The molecule has 0 aromatic carbocycles. The molecule has 2 unspecified atom stereocenters. The molecular formula is C9H15I. The van der Waals surface area contributed by atoms with Crippen molar-refractivity contribution in [3.63, 3.8) is 0 Å². The van der Waals surface area contributed by atoms with E-state index in [4.69, 9.17) is 0 Å². The second kappa shape index (κ2) is 3.00. The smallest absolute Gasteiger partial charge is 0.0144 e. The maximum Gasteiger partial charge on any atom is 0.0144 e. The summed E-state index contributed by atoms with van der Waals surface area (Å²) >= 11 is 2.62. The normalized spacial score (nSPS) is 41.7. The number of halogens is 1. The lowest BCUT2D eigenvalue weighted by Crippen LogP contribution is -2.09. The van der Waals surface area contributed by atoms with E-state index in [1.165, 1.54) is 25.7 Å². The van der Waals surface area contributed by atoms with Gasteiger partial charge in [-0.05, 0) is 18.3 Å². The SMILES string of the molecule is IC1CC1C1CCCCC1. The third kappa shape index (κ3) is 1.49. The van der Waals surface area contributed by atoms with Crippen LogP contribution >= 0.6 is 22.6 Å². The molecule has 2 saturated carbocycles. The summed E-state index contributed by atoms with van der Waals surface area (Å²) in [6.45, 7) is 0. The topological polar surface area (TPSA) is 0 Å². The highest BCUT2D eigenvalue weighted by Crippen LogP contribution is 2.48. The largest absolute Gasteiger partial charge is 0.0823 e. The van der Waals surface area contributed by atoms with Crippen LogP contribution < -0.4 is 0 Å². The first-order chi connectivity index (χ1) is 4.88. The van der Waals surface area contributed by atoms with E-state index in [1.807, 2.05) is 0 Å². The van der Waals surface area contributed by atoms with E-state index in [0.717, 1.165) is 15.8 Å². The molecule has 0 bridgehead atoms. The van der Waals surface area contributed by atoms with Gasteiger partial charge in [-0.1, -0.05) is 54.7 Å². The zero-order valence-electron chi connectivity index (χ0n) is 6.35. The van der Waals surface area contributed by atoms with Gasteiger partial charge in [-0.3, -0.25) is 0 Å². The summed E-state index contributed by atoms with van der Waals surface area (Å²) in [5, 5.41) is 0. The van der Waals surface area contributed by atoms with E-state index in [-0.39, 0.29) is 0 Å². The van der Waals surface area contributed by atoms with Gasteiger partial charge in [0, 0.05) is 3.92 Å². The Hall–Kier alpha value is 0.730. The molecule has 2 aliphatic carbocycles. The fourth-order valence-corrected chi connectivity index (χ4v) is 3.41. The van der Waals surface area contributed by atoms with Gasteiger partial charge in [-0.2, -0.15) is 0 Å². The first kappa shape index (κ1) is 7.38. The standard InChI is InChI=1S/C9H15I/c10-9-6-8(9)7-4-2-1-3-5-7/h7-9H,1-6H2. The van der Waals surface area contributed by atoms with Gasteiger partial charge in [-0.25, -0.2) is 0 Å². The van der Waals surface area contributed by atoms with Gasteiger partial charge in [0.25, 0.3) is 0 Å². The van der Waals surface area contributed by atoms with Crippen LogP contribution in [0.15, 0.2) is 0 Å². The highest BCUT2D eigenvalue weighted by atomic mass is 127. The summed E-state index contributed by atoms with van der Waals surface area (Å²) in [5.41, 5.74) is 0. The number of hydrogen-bond donors (Lipinski definition) is 0. The maximum absolute atomic E-state index is 2.62. The second-order valence-corrected chi connectivity index (χ2v) is 5.41. The summed E-state index contributed by atoms with van der Waals surface area (Å²) in [6, 6.07) is 0. The van der Waals surface area contributed by atoms with Crippen molar-refractivity contribution in [2.75, 3.05) is 0 Å². The van der Waals surface area contributed by atoms with Gasteiger partial charge in [-0.15, -0.1) is 0 Å². The molecule has 2 aliphatic rings. The molecule has 0 aliphatic heterocycles. The van der Waals surface area contributed by atoms with E-state index in [2.05, 4.69) is 22.6 Å². The van der Waals surface area contributed by atoms with E-state index < -0.39 is 0 Å². The van der Waals surface area contributed by atoms with Crippen molar-refractivity contribution in [2.45, 2.75) is 42.4 Å². The quantitative estimate of drug-likeness (QED) is 0.494. The van der Waals surface area contributed by atoms with E-state index >= 15 is 0 Å². The van der Waals surface area contributed by atoms with Crippen LogP contribution in [0.1, 0.15) is 38.5 Å². The molecular weight excluding hydrogens is 235 g/mol. The van der Waals surface area contributed by atoms with Crippen molar-refractivity contribution < 1.29 is 0 Å². The Balaban J connectivity index is 1.81. The molecule has 58 valence electrons. The first-order valence-corrected chi connectivity index (χ1v) is 5.76. The molecule has 0 nitrogen and oxygen atoms in total. The first-order valence-electron chi connectivity index (χ1n) is 4.52. The van der Waals surface area contributed by atoms with E-state index in [1.54, 1.807) is 12.8 Å². The van der Waals surface area contributed by atoms with Crippen molar-refractivity contribution in [1.82, 2.24) is 0 Å². The second-order valence-electron chi connectivity index (χ2n) is 3.81. The van der Waals surface area contributed by atoms with Crippen LogP contribution in [-0.2, 0) is 0 Å². The van der Waals surface area contributed by atoms with Crippen molar-refractivity contribution in [2.24, 2.45) is 11.8 Å². The summed E-state index contributed by atoms with van der Waals surface area (Å²) in [6.07, 6.45) is 9.17. The molecule has 0 amide bonds. The third-order valence-electron chi connectivity index (χ3n) is 3.01. The van der Waals surface area contributed by atoms with Gasteiger partial charge >= 0.3 is 0 Å². The zero-order valence-corrected chi connectivity index (χ0v) is 8.51. The molecule has 10 heavy (non-hydrogen) atoms. The Bertz CT molecular complexity index is 116. The highest BCUT2D eigenvalue weighted by molar-refractivity contribution is 14.1. The van der Waals surface area contributed by atoms with Gasteiger partial charge in [0.2, 0.25) is 0 Å². The predicted octanol–water partition coefficient (Wildman–Crippen LogP) is 3.39. The van der Waals surface area contributed by atoms with Crippen molar-refractivity contribution in [3.05, 3.63) is 0 Å². The number of hydrogen-bond acceptors (Lipinski definition) is 0. The lowest BCUT2D eigenvalue weighted by Gasteiger charge is -2.20. The average molecular weight is 250 g/mol. The van der Waals surface area contributed by atoms with Crippen LogP contribution in [0.4, 0.5) is 0 Å². The summed E-state index contributed by atoms with van der Waals surface area (Å²) in [4.78, 5) is 0. The van der Waals surface area contributed by atoms with Gasteiger partial charge < -0.3 is 0 Å². The molecule has 0 heterocycles. The minimum Gasteiger partial charge on any atom is -0.0823 e. The predicted molar refractivity (Wildman–Crippen MR) is 52.5 cm³/mol. The lowest BCUT2D eigenvalue weighted by molar-refractivity contribution is 0.324. The fraction of sp³-hybridized carbons (Fsp3) is 1.00. The summed E-state index contributed by atoms with van der Waals surface area (Å²) in [5.74, 6) is 2.27. The average Bonchev–Trinajstić information content (AvgIpc) is 2.69. The Labute approximate surface area is 76.9 Å². The molecule has 0 spiro atoms. The Morgan fingerprint density at radius 1 is 1.00 bits per heavy atom. The Morgan fingerprint density at radius 2 is 1.60 bits per heavy atom. The number of alkyl halides is 1. The molecule has 2 rings (SSSR count). The van der Waals surface area contributed by atoms with Crippen LogP contribution in [-0.4, -0.2) is 3.92 Å². The molecule has 0 aromatic heterocycles. The Kier molecular flexibility index (Phi) is 2.21. The van der Waals surface area contributed by atoms with Gasteiger partial charge in [0.15, 0.2) is 0 Å². The highest BCUT2D eigenvalue weighted by Gasteiger charge is 2.40. The number of rotatable bonds is 1. The minimum absolute atomic E-state index is 1.06. The zero-order chi connectivity index (χ0) is 6.97. The minimum atomic E-state index is 1.06. The summed E-state index contributed by atoms with van der Waals surface area (Å²) in [7, 11) is 0. The Morgan fingerprint density at radius 3 is 2.10 bits per heavy atom. The molecule has 0 aromatic rings. The van der Waals surface area contributed by atoms with Crippen LogP contribution in [0.2, 0.25) is 0 Å². The summed E-state index contributed by atoms with van der Waals surface area (Å²) < 4.78 is 1.06. The fourth-order valence-electron chi connectivity index (χ4n) is 2.23. The van der Waals surface area contributed by atoms with Crippen molar-refractivity contribution in [1.29, 1.82) is 0 Å². The van der Waals surface area contributed by atoms with Gasteiger partial charge in [0.1, 0.15) is 0 Å². The van der Waals surface area contributed by atoms with Crippen molar-refractivity contribution >= 4 is 22.6 Å². The van der Waals surface area contributed by atoms with E-state index in [9.17, 15) is 0 Å². The maximum atomic E-state index is 2.62.